The van der Waals surface area contributed by atoms with Crippen molar-refractivity contribution in [2.24, 2.45) is 23.7 Å². The highest BCUT2D eigenvalue weighted by Crippen LogP contribution is 2.59. The van der Waals surface area contributed by atoms with Gasteiger partial charge in [-0.3, -0.25) is 0 Å². The Morgan fingerprint density at radius 1 is 1.20 bits per heavy atom. The molecule has 0 heterocycles. The van der Waals surface area contributed by atoms with E-state index < -0.39 is 0 Å². The second kappa shape index (κ2) is 3.73. The van der Waals surface area contributed by atoms with E-state index in [4.69, 9.17) is 4.74 Å². The fourth-order valence-corrected chi connectivity index (χ4v) is 4.87. The number of alkyl halides is 1. The summed E-state index contributed by atoms with van der Waals surface area (Å²) in [6.45, 7) is 3.34. The minimum atomic E-state index is 0.280. The molecule has 0 spiro atoms. The Hall–Kier alpha value is 0.440. The van der Waals surface area contributed by atoms with Crippen molar-refractivity contribution in [3.8, 4) is 0 Å². The van der Waals surface area contributed by atoms with Gasteiger partial charge in [0.25, 0.3) is 0 Å². The summed E-state index contributed by atoms with van der Waals surface area (Å²) in [6.07, 6.45) is 7.21. The van der Waals surface area contributed by atoms with Crippen LogP contribution in [0.2, 0.25) is 0 Å². The van der Waals surface area contributed by atoms with Crippen molar-refractivity contribution in [3.05, 3.63) is 0 Å². The Morgan fingerprint density at radius 3 is 2.47 bits per heavy atom. The van der Waals surface area contributed by atoms with E-state index in [-0.39, 0.29) is 5.60 Å². The zero-order chi connectivity index (χ0) is 10.5. The lowest BCUT2D eigenvalue weighted by Gasteiger charge is -2.60. The highest BCUT2D eigenvalue weighted by atomic mass is 79.9. The summed E-state index contributed by atoms with van der Waals surface area (Å²) in [7, 11) is 0. The highest BCUT2D eigenvalue weighted by molar-refractivity contribution is 9.09. The summed E-state index contributed by atoms with van der Waals surface area (Å²) in [5.41, 5.74) is 0.280. The third-order valence-corrected chi connectivity index (χ3v) is 5.53. The smallest absolute Gasteiger partial charge is 0.0716 e. The predicted octanol–water partition coefficient (Wildman–Crippen LogP) is 3.61. The van der Waals surface area contributed by atoms with Gasteiger partial charge in [-0.15, -0.1) is 0 Å². The maximum atomic E-state index is 6.26. The van der Waals surface area contributed by atoms with Gasteiger partial charge in [-0.05, 0) is 55.8 Å². The number of hydrogen-bond acceptors (Lipinski definition) is 1. The van der Waals surface area contributed by atoms with E-state index in [9.17, 15) is 0 Å². The van der Waals surface area contributed by atoms with Crippen molar-refractivity contribution in [2.75, 3.05) is 11.9 Å². The van der Waals surface area contributed by atoms with Crippen LogP contribution < -0.4 is 0 Å². The van der Waals surface area contributed by atoms with Crippen LogP contribution >= 0.6 is 15.9 Å². The van der Waals surface area contributed by atoms with Crippen molar-refractivity contribution in [3.63, 3.8) is 0 Å². The second-order valence-electron chi connectivity index (χ2n) is 6.00. The molecule has 3 atom stereocenters. The molecule has 4 rings (SSSR count). The van der Waals surface area contributed by atoms with E-state index in [1.165, 1.54) is 32.1 Å². The molecule has 0 aromatic rings. The lowest BCUT2D eigenvalue weighted by atomic mass is 9.50. The zero-order valence-corrected chi connectivity index (χ0v) is 11.1. The minimum absolute atomic E-state index is 0.280. The van der Waals surface area contributed by atoms with Gasteiger partial charge in [0, 0.05) is 5.33 Å². The van der Waals surface area contributed by atoms with E-state index >= 15 is 0 Å². The van der Waals surface area contributed by atoms with E-state index in [0.29, 0.717) is 0 Å². The Labute approximate surface area is 101 Å². The van der Waals surface area contributed by atoms with Gasteiger partial charge in [0.05, 0.1) is 12.2 Å². The first-order valence-corrected chi connectivity index (χ1v) is 7.55. The molecule has 2 heteroatoms. The molecule has 86 valence electrons. The van der Waals surface area contributed by atoms with Crippen molar-refractivity contribution in [1.29, 1.82) is 0 Å². The summed E-state index contributed by atoms with van der Waals surface area (Å²) >= 11 is 3.48. The second-order valence-corrected chi connectivity index (χ2v) is 6.79. The van der Waals surface area contributed by atoms with Crippen LogP contribution in [0.4, 0.5) is 0 Å². The fraction of sp³-hybridized carbons (Fsp3) is 1.00. The molecule has 0 saturated heterocycles. The standard InChI is InChI=1S/C13H21BrO/c1-9-12-5-10-4-11(6-12)8-13(9,7-10)15-3-2-14/h9-12H,2-8H2,1H3. The van der Waals surface area contributed by atoms with Gasteiger partial charge in [-0.25, -0.2) is 0 Å². The van der Waals surface area contributed by atoms with E-state index in [0.717, 1.165) is 35.6 Å². The normalized spacial score (nSPS) is 52.4. The van der Waals surface area contributed by atoms with Crippen molar-refractivity contribution >= 4 is 15.9 Å². The number of hydrogen-bond donors (Lipinski definition) is 0. The molecule has 4 saturated carbocycles. The molecular weight excluding hydrogens is 252 g/mol. The van der Waals surface area contributed by atoms with Gasteiger partial charge in [0.2, 0.25) is 0 Å². The van der Waals surface area contributed by atoms with Gasteiger partial charge < -0.3 is 4.74 Å². The van der Waals surface area contributed by atoms with Gasteiger partial charge in [-0.2, -0.15) is 0 Å². The molecule has 1 nitrogen and oxygen atoms in total. The molecule has 0 aromatic heterocycles. The predicted molar refractivity (Wildman–Crippen MR) is 65.2 cm³/mol. The lowest BCUT2D eigenvalue weighted by Crippen LogP contribution is -2.57. The third-order valence-electron chi connectivity index (χ3n) is 5.21. The topological polar surface area (TPSA) is 9.23 Å². The van der Waals surface area contributed by atoms with E-state index in [1.54, 1.807) is 0 Å². The average Bonchev–Trinajstić information content (AvgIpc) is 2.22. The van der Waals surface area contributed by atoms with E-state index in [2.05, 4.69) is 22.9 Å². The molecule has 0 aliphatic heterocycles. The molecule has 0 amide bonds. The number of halogens is 1. The van der Waals surface area contributed by atoms with Crippen molar-refractivity contribution in [2.45, 2.75) is 44.6 Å². The van der Waals surface area contributed by atoms with Gasteiger partial charge >= 0.3 is 0 Å². The van der Waals surface area contributed by atoms with Crippen LogP contribution in [0.3, 0.4) is 0 Å². The summed E-state index contributed by atoms with van der Waals surface area (Å²) in [5, 5.41) is 0.988. The first-order chi connectivity index (χ1) is 7.23. The molecule has 0 radical (unpaired) electrons. The number of ether oxygens (including phenoxy) is 1. The maximum Gasteiger partial charge on any atom is 0.0716 e. The van der Waals surface area contributed by atoms with Gasteiger partial charge in [0.1, 0.15) is 0 Å². The summed E-state index contributed by atoms with van der Waals surface area (Å²) in [6, 6.07) is 0. The Morgan fingerprint density at radius 2 is 1.87 bits per heavy atom. The minimum Gasteiger partial charge on any atom is -0.374 e. The number of rotatable bonds is 3. The third kappa shape index (κ3) is 1.59. The Bertz CT molecular complexity index is 239. The van der Waals surface area contributed by atoms with Gasteiger partial charge in [0.15, 0.2) is 0 Å². The first kappa shape index (κ1) is 10.6. The highest BCUT2D eigenvalue weighted by Gasteiger charge is 2.55. The summed E-state index contributed by atoms with van der Waals surface area (Å²) < 4.78 is 6.26. The molecule has 3 unspecified atom stereocenters. The SMILES string of the molecule is CC1C2CC3CC(C2)CC1(OCCBr)C3. The Kier molecular flexibility index (Phi) is 2.63. The van der Waals surface area contributed by atoms with Crippen LogP contribution in [0.1, 0.15) is 39.0 Å². The van der Waals surface area contributed by atoms with Crippen LogP contribution in [0.15, 0.2) is 0 Å². The zero-order valence-electron chi connectivity index (χ0n) is 9.55. The fourth-order valence-electron chi connectivity index (χ4n) is 4.71. The molecule has 15 heavy (non-hydrogen) atoms. The lowest BCUT2D eigenvalue weighted by molar-refractivity contribution is -0.194. The van der Waals surface area contributed by atoms with Crippen LogP contribution in [0, 0.1) is 23.7 Å². The molecule has 0 N–H and O–H groups in total. The molecule has 4 bridgehead atoms. The van der Waals surface area contributed by atoms with Crippen LogP contribution in [0.5, 0.6) is 0 Å². The van der Waals surface area contributed by atoms with Crippen LogP contribution in [-0.2, 0) is 4.74 Å². The maximum absolute atomic E-state index is 6.26. The molecular formula is C13H21BrO. The Balaban J connectivity index is 1.81. The quantitative estimate of drug-likeness (QED) is 0.714. The molecule has 0 aromatic carbocycles. The molecule has 4 aliphatic rings. The van der Waals surface area contributed by atoms with Crippen LogP contribution in [0.25, 0.3) is 0 Å². The first-order valence-electron chi connectivity index (χ1n) is 6.43. The molecule has 4 aliphatic carbocycles. The van der Waals surface area contributed by atoms with Crippen molar-refractivity contribution in [1.82, 2.24) is 0 Å². The van der Waals surface area contributed by atoms with Crippen molar-refractivity contribution < 1.29 is 4.74 Å². The monoisotopic (exact) mass is 272 g/mol. The summed E-state index contributed by atoms with van der Waals surface area (Å²) in [4.78, 5) is 0. The van der Waals surface area contributed by atoms with Gasteiger partial charge in [-0.1, -0.05) is 22.9 Å². The summed E-state index contributed by atoms with van der Waals surface area (Å²) in [5.74, 6) is 3.78. The molecule has 4 fully saturated rings. The van der Waals surface area contributed by atoms with Crippen LogP contribution in [-0.4, -0.2) is 17.5 Å². The van der Waals surface area contributed by atoms with E-state index in [1.807, 2.05) is 0 Å². The largest absolute Gasteiger partial charge is 0.374 e. The average molecular weight is 273 g/mol.